The van der Waals surface area contributed by atoms with E-state index in [1.54, 1.807) is 12.1 Å². The van der Waals surface area contributed by atoms with Gasteiger partial charge in [-0.2, -0.15) is 0 Å². The lowest BCUT2D eigenvalue weighted by molar-refractivity contribution is 0.151. The summed E-state index contributed by atoms with van der Waals surface area (Å²) in [5.74, 6) is 0.304. The second kappa shape index (κ2) is 3.86. The van der Waals surface area contributed by atoms with E-state index in [4.69, 9.17) is 0 Å². The van der Waals surface area contributed by atoms with Crippen molar-refractivity contribution < 1.29 is 8.78 Å². The van der Waals surface area contributed by atoms with Gasteiger partial charge >= 0.3 is 0 Å². The molecule has 2 heteroatoms. The molecule has 0 saturated heterocycles. The van der Waals surface area contributed by atoms with Crippen LogP contribution in [-0.2, 0) is 0 Å². The molecule has 0 bridgehead atoms. The van der Waals surface area contributed by atoms with Gasteiger partial charge in [0.05, 0.1) is 0 Å². The van der Waals surface area contributed by atoms with Crippen molar-refractivity contribution in [3.63, 3.8) is 0 Å². The van der Waals surface area contributed by atoms with Gasteiger partial charge in [0, 0.05) is 5.56 Å². The molecule has 0 amide bonds. The minimum absolute atomic E-state index is 0.120. The van der Waals surface area contributed by atoms with Crippen LogP contribution in [-0.4, -0.2) is 0 Å². The highest BCUT2D eigenvalue weighted by atomic mass is 19.3. The Balaban J connectivity index is 3.11. The van der Waals surface area contributed by atoms with Crippen molar-refractivity contribution in [1.82, 2.24) is 0 Å². The normalized spacial score (nSPS) is 11.3. The average molecular weight is 184 g/mol. The van der Waals surface area contributed by atoms with Gasteiger partial charge in [-0.25, -0.2) is 8.78 Å². The molecular formula is C11H14F2. The van der Waals surface area contributed by atoms with Gasteiger partial charge in [0.1, 0.15) is 0 Å². The van der Waals surface area contributed by atoms with E-state index in [1.807, 2.05) is 20.8 Å². The lowest BCUT2D eigenvalue weighted by atomic mass is 9.96. The predicted molar refractivity (Wildman–Crippen MR) is 50.2 cm³/mol. The van der Waals surface area contributed by atoms with Crippen molar-refractivity contribution >= 4 is 0 Å². The first-order valence-electron chi connectivity index (χ1n) is 4.41. The molecule has 0 fully saturated rings. The van der Waals surface area contributed by atoms with Gasteiger partial charge in [-0.05, 0) is 30.0 Å². The molecule has 0 atom stereocenters. The van der Waals surface area contributed by atoms with Crippen LogP contribution in [0.3, 0.4) is 0 Å². The molecule has 0 saturated carbocycles. The van der Waals surface area contributed by atoms with Gasteiger partial charge in [-0.3, -0.25) is 0 Å². The third-order valence-electron chi connectivity index (χ3n) is 2.18. The summed E-state index contributed by atoms with van der Waals surface area (Å²) in [6, 6.07) is 4.85. The molecule has 0 aromatic heterocycles. The monoisotopic (exact) mass is 184 g/mol. The van der Waals surface area contributed by atoms with Crippen molar-refractivity contribution in [2.45, 2.75) is 33.1 Å². The Morgan fingerprint density at radius 2 is 1.77 bits per heavy atom. The van der Waals surface area contributed by atoms with Crippen molar-refractivity contribution in [3.05, 3.63) is 34.9 Å². The summed E-state index contributed by atoms with van der Waals surface area (Å²) in [7, 11) is 0. The number of benzene rings is 1. The Labute approximate surface area is 77.6 Å². The van der Waals surface area contributed by atoms with E-state index < -0.39 is 6.43 Å². The Morgan fingerprint density at radius 1 is 1.15 bits per heavy atom. The van der Waals surface area contributed by atoms with Crippen LogP contribution < -0.4 is 0 Å². The molecule has 72 valence electrons. The number of alkyl halides is 2. The third-order valence-corrected chi connectivity index (χ3v) is 2.18. The highest BCUT2D eigenvalue weighted by Crippen LogP contribution is 2.25. The van der Waals surface area contributed by atoms with Crippen LogP contribution in [0, 0.1) is 6.92 Å². The molecule has 0 nitrogen and oxygen atoms in total. The van der Waals surface area contributed by atoms with E-state index in [2.05, 4.69) is 0 Å². The summed E-state index contributed by atoms with van der Waals surface area (Å²) in [5, 5.41) is 0. The zero-order chi connectivity index (χ0) is 10.0. The van der Waals surface area contributed by atoms with Crippen LogP contribution >= 0.6 is 0 Å². The molecule has 0 aliphatic heterocycles. The molecule has 1 aromatic rings. The molecule has 1 aromatic carbocycles. The standard InChI is InChI=1S/C11H14F2/c1-7(2)10-6-9(11(12)13)5-4-8(10)3/h4-7,11H,1-3H3. The van der Waals surface area contributed by atoms with Gasteiger partial charge in [0.15, 0.2) is 0 Å². The summed E-state index contributed by atoms with van der Waals surface area (Å²) in [6.45, 7) is 5.97. The number of hydrogen-bond acceptors (Lipinski definition) is 0. The predicted octanol–water partition coefficient (Wildman–Crippen LogP) is 4.06. The molecule has 0 radical (unpaired) electrons. The fourth-order valence-electron chi connectivity index (χ4n) is 1.42. The highest BCUT2D eigenvalue weighted by molar-refractivity contribution is 5.33. The minimum Gasteiger partial charge on any atom is -0.205 e. The topological polar surface area (TPSA) is 0 Å². The molecule has 0 unspecified atom stereocenters. The smallest absolute Gasteiger partial charge is 0.205 e. The summed E-state index contributed by atoms with van der Waals surface area (Å²) >= 11 is 0. The van der Waals surface area contributed by atoms with Crippen LogP contribution in [0.15, 0.2) is 18.2 Å². The quantitative estimate of drug-likeness (QED) is 0.650. The Bertz CT molecular complexity index is 290. The Hall–Kier alpha value is -0.920. The van der Waals surface area contributed by atoms with Crippen molar-refractivity contribution in [2.24, 2.45) is 0 Å². The Morgan fingerprint density at radius 3 is 2.23 bits per heavy atom. The lowest BCUT2D eigenvalue weighted by Crippen LogP contribution is -1.94. The van der Waals surface area contributed by atoms with E-state index in [0.29, 0.717) is 5.92 Å². The van der Waals surface area contributed by atoms with Gasteiger partial charge in [0.25, 0.3) is 6.43 Å². The number of rotatable bonds is 2. The van der Waals surface area contributed by atoms with Crippen LogP contribution in [0.5, 0.6) is 0 Å². The van der Waals surface area contributed by atoms with Crippen molar-refractivity contribution in [3.8, 4) is 0 Å². The van der Waals surface area contributed by atoms with Gasteiger partial charge < -0.3 is 0 Å². The maximum atomic E-state index is 12.3. The fourth-order valence-corrected chi connectivity index (χ4v) is 1.42. The van der Waals surface area contributed by atoms with E-state index >= 15 is 0 Å². The van der Waals surface area contributed by atoms with Crippen LogP contribution in [0.25, 0.3) is 0 Å². The zero-order valence-electron chi connectivity index (χ0n) is 8.14. The van der Waals surface area contributed by atoms with E-state index in [0.717, 1.165) is 11.1 Å². The molecule has 0 aliphatic carbocycles. The van der Waals surface area contributed by atoms with Crippen molar-refractivity contribution in [2.75, 3.05) is 0 Å². The number of aryl methyl sites for hydroxylation is 1. The Kier molecular flexibility index (Phi) is 3.02. The average Bonchev–Trinajstić information content (AvgIpc) is 2.04. The molecule has 13 heavy (non-hydrogen) atoms. The second-order valence-corrected chi connectivity index (χ2v) is 3.57. The zero-order valence-corrected chi connectivity index (χ0v) is 8.14. The molecule has 0 N–H and O–H groups in total. The molecular weight excluding hydrogens is 170 g/mol. The van der Waals surface area contributed by atoms with Gasteiger partial charge in [-0.15, -0.1) is 0 Å². The first-order chi connectivity index (χ1) is 6.02. The molecule has 1 rings (SSSR count). The minimum atomic E-state index is -2.36. The highest BCUT2D eigenvalue weighted by Gasteiger charge is 2.10. The first-order valence-corrected chi connectivity index (χ1v) is 4.41. The summed E-state index contributed by atoms with van der Waals surface area (Å²) < 4.78 is 24.7. The van der Waals surface area contributed by atoms with Crippen LogP contribution in [0.2, 0.25) is 0 Å². The van der Waals surface area contributed by atoms with E-state index in [-0.39, 0.29) is 5.56 Å². The summed E-state index contributed by atoms with van der Waals surface area (Å²) in [6.07, 6.45) is -2.36. The first kappa shape index (κ1) is 10.2. The third kappa shape index (κ3) is 2.27. The van der Waals surface area contributed by atoms with Crippen LogP contribution in [0.4, 0.5) is 8.78 Å². The maximum Gasteiger partial charge on any atom is 0.263 e. The second-order valence-electron chi connectivity index (χ2n) is 3.57. The maximum absolute atomic E-state index is 12.3. The molecule has 0 heterocycles. The number of halogens is 2. The SMILES string of the molecule is Cc1ccc(C(F)F)cc1C(C)C. The largest absolute Gasteiger partial charge is 0.263 e. The summed E-state index contributed by atoms with van der Waals surface area (Å²) in [4.78, 5) is 0. The van der Waals surface area contributed by atoms with Gasteiger partial charge in [-0.1, -0.05) is 26.0 Å². The number of hydrogen-bond donors (Lipinski definition) is 0. The fraction of sp³-hybridized carbons (Fsp3) is 0.455. The van der Waals surface area contributed by atoms with E-state index in [1.165, 1.54) is 6.07 Å². The van der Waals surface area contributed by atoms with Gasteiger partial charge in [0.2, 0.25) is 0 Å². The molecule has 0 spiro atoms. The summed E-state index contributed by atoms with van der Waals surface area (Å²) in [5.41, 5.74) is 2.21. The lowest BCUT2D eigenvalue weighted by Gasteiger charge is -2.11. The molecule has 0 aliphatic rings. The van der Waals surface area contributed by atoms with Crippen molar-refractivity contribution in [1.29, 1.82) is 0 Å². The van der Waals surface area contributed by atoms with E-state index in [9.17, 15) is 8.78 Å². The van der Waals surface area contributed by atoms with Crippen LogP contribution in [0.1, 0.15) is 42.9 Å².